The Morgan fingerprint density at radius 2 is 1.90 bits per heavy atom. The van der Waals surface area contributed by atoms with Crippen LogP contribution in [0.1, 0.15) is 12.8 Å². The maximum atomic E-state index is 12.3. The summed E-state index contributed by atoms with van der Waals surface area (Å²) in [5.41, 5.74) is 0. The van der Waals surface area contributed by atoms with Crippen molar-refractivity contribution in [1.82, 2.24) is 10.0 Å². The zero-order valence-electron chi connectivity index (χ0n) is 11.7. The van der Waals surface area contributed by atoms with Crippen LogP contribution in [-0.4, -0.2) is 41.8 Å². The van der Waals surface area contributed by atoms with Crippen LogP contribution in [0.5, 0.6) is 11.5 Å². The van der Waals surface area contributed by atoms with Crippen LogP contribution in [0.2, 0.25) is 0 Å². The van der Waals surface area contributed by atoms with Crippen molar-refractivity contribution < 1.29 is 17.9 Å². The van der Waals surface area contributed by atoms with Crippen molar-refractivity contribution in [2.45, 2.75) is 23.8 Å². The Hall–Kier alpha value is -1.31. The molecule has 0 aromatic heterocycles. The minimum Gasteiger partial charge on any atom is -0.497 e. The summed E-state index contributed by atoms with van der Waals surface area (Å²) < 4.78 is 37.3. The molecule has 112 valence electrons. The molecule has 0 amide bonds. The fourth-order valence-corrected chi connectivity index (χ4v) is 3.29. The van der Waals surface area contributed by atoms with Gasteiger partial charge in [-0.25, -0.2) is 13.1 Å². The minimum atomic E-state index is -3.56. The maximum Gasteiger partial charge on any atom is 0.240 e. The van der Waals surface area contributed by atoms with E-state index in [4.69, 9.17) is 9.47 Å². The van der Waals surface area contributed by atoms with E-state index in [0.717, 1.165) is 19.4 Å². The maximum absolute atomic E-state index is 12.3. The van der Waals surface area contributed by atoms with Gasteiger partial charge in [0.15, 0.2) is 0 Å². The van der Waals surface area contributed by atoms with Gasteiger partial charge in [0.1, 0.15) is 11.5 Å². The van der Waals surface area contributed by atoms with E-state index >= 15 is 0 Å². The number of rotatable bonds is 6. The largest absolute Gasteiger partial charge is 0.497 e. The summed E-state index contributed by atoms with van der Waals surface area (Å²) in [7, 11) is -0.589. The first-order valence-electron chi connectivity index (χ1n) is 6.51. The molecule has 1 aliphatic heterocycles. The molecule has 0 bridgehead atoms. The van der Waals surface area contributed by atoms with Crippen LogP contribution < -0.4 is 19.5 Å². The number of sulfonamides is 1. The third kappa shape index (κ3) is 3.62. The first kappa shape index (κ1) is 15.1. The van der Waals surface area contributed by atoms with Crippen molar-refractivity contribution in [3.8, 4) is 11.5 Å². The van der Waals surface area contributed by atoms with Crippen LogP contribution in [0, 0.1) is 0 Å². The lowest BCUT2D eigenvalue weighted by Crippen LogP contribution is -2.37. The van der Waals surface area contributed by atoms with Gasteiger partial charge in [-0.1, -0.05) is 0 Å². The van der Waals surface area contributed by atoms with E-state index < -0.39 is 10.0 Å². The van der Waals surface area contributed by atoms with Gasteiger partial charge in [0, 0.05) is 30.8 Å². The fourth-order valence-electron chi connectivity index (χ4n) is 2.16. The molecule has 0 saturated carbocycles. The average molecular weight is 300 g/mol. The van der Waals surface area contributed by atoms with Gasteiger partial charge in [0.2, 0.25) is 10.0 Å². The molecule has 1 heterocycles. The molecule has 1 aromatic rings. The molecule has 20 heavy (non-hydrogen) atoms. The highest BCUT2D eigenvalue weighted by atomic mass is 32.2. The Bertz CT molecular complexity index is 531. The van der Waals surface area contributed by atoms with E-state index in [-0.39, 0.29) is 10.9 Å². The van der Waals surface area contributed by atoms with Gasteiger partial charge < -0.3 is 14.8 Å². The van der Waals surface area contributed by atoms with Crippen molar-refractivity contribution in [1.29, 1.82) is 0 Å². The highest BCUT2D eigenvalue weighted by molar-refractivity contribution is 7.89. The predicted molar refractivity (Wildman–Crippen MR) is 75.8 cm³/mol. The van der Waals surface area contributed by atoms with Crippen molar-refractivity contribution in [2.75, 3.05) is 27.3 Å². The Morgan fingerprint density at radius 1 is 1.25 bits per heavy atom. The zero-order valence-corrected chi connectivity index (χ0v) is 12.5. The molecular weight excluding hydrogens is 280 g/mol. The second-order valence-electron chi connectivity index (χ2n) is 4.69. The van der Waals surface area contributed by atoms with Crippen molar-refractivity contribution in [3.05, 3.63) is 18.2 Å². The normalized spacial score (nSPS) is 19.0. The van der Waals surface area contributed by atoms with E-state index in [9.17, 15) is 8.42 Å². The van der Waals surface area contributed by atoms with Crippen LogP contribution in [0.25, 0.3) is 0 Å². The van der Waals surface area contributed by atoms with Gasteiger partial charge in [0.05, 0.1) is 19.1 Å². The lowest BCUT2D eigenvalue weighted by molar-refractivity contribution is 0.392. The molecule has 1 fully saturated rings. The van der Waals surface area contributed by atoms with Gasteiger partial charge in [0.25, 0.3) is 0 Å². The van der Waals surface area contributed by atoms with Gasteiger partial charge >= 0.3 is 0 Å². The van der Waals surface area contributed by atoms with E-state index in [2.05, 4.69) is 10.0 Å². The lowest BCUT2D eigenvalue weighted by atomic mass is 10.2. The van der Waals surface area contributed by atoms with Gasteiger partial charge in [-0.2, -0.15) is 0 Å². The third-order valence-corrected chi connectivity index (χ3v) is 4.72. The van der Waals surface area contributed by atoms with Crippen LogP contribution in [0.15, 0.2) is 23.1 Å². The average Bonchev–Trinajstić information content (AvgIpc) is 2.98. The number of methoxy groups -OCH3 is 2. The second-order valence-corrected chi connectivity index (χ2v) is 6.46. The molecule has 0 aliphatic carbocycles. The van der Waals surface area contributed by atoms with Gasteiger partial charge in [-0.05, 0) is 19.4 Å². The molecule has 0 radical (unpaired) electrons. The van der Waals surface area contributed by atoms with E-state index in [1.165, 1.54) is 26.4 Å². The number of benzene rings is 1. The Morgan fingerprint density at radius 3 is 2.40 bits per heavy atom. The summed E-state index contributed by atoms with van der Waals surface area (Å²) in [6.07, 6.45) is 2.07. The second kappa shape index (κ2) is 6.43. The molecule has 7 heteroatoms. The standard InChI is InChI=1S/C13H20N2O4S/c1-18-11-6-12(19-2)8-13(7-11)20(16,17)15-9-10-4-3-5-14-10/h6-8,10,14-15H,3-5,9H2,1-2H3. The lowest BCUT2D eigenvalue weighted by Gasteiger charge is -2.13. The smallest absolute Gasteiger partial charge is 0.240 e. The zero-order chi connectivity index (χ0) is 14.6. The van der Waals surface area contributed by atoms with Crippen LogP contribution in [-0.2, 0) is 10.0 Å². The molecule has 1 aromatic carbocycles. The Kier molecular flexibility index (Phi) is 4.85. The molecule has 1 unspecified atom stereocenters. The number of hydrogen-bond donors (Lipinski definition) is 2. The van der Waals surface area contributed by atoms with E-state index in [0.29, 0.717) is 18.0 Å². The summed E-state index contributed by atoms with van der Waals surface area (Å²) >= 11 is 0. The summed E-state index contributed by atoms with van der Waals surface area (Å²) in [6, 6.07) is 4.80. The summed E-state index contributed by atoms with van der Waals surface area (Å²) in [5, 5.41) is 3.25. The highest BCUT2D eigenvalue weighted by Gasteiger charge is 2.20. The topological polar surface area (TPSA) is 76.7 Å². The Labute approximate surface area is 119 Å². The summed E-state index contributed by atoms with van der Waals surface area (Å²) in [4.78, 5) is 0.145. The van der Waals surface area contributed by atoms with Gasteiger partial charge in [-0.3, -0.25) is 0 Å². The van der Waals surface area contributed by atoms with Crippen molar-refractivity contribution >= 4 is 10.0 Å². The molecule has 1 atom stereocenters. The van der Waals surface area contributed by atoms with E-state index in [1.54, 1.807) is 6.07 Å². The first-order chi connectivity index (χ1) is 9.55. The van der Waals surface area contributed by atoms with Crippen LogP contribution in [0.4, 0.5) is 0 Å². The van der Waals surface area contributed by atoms with Gasteiger partial charge in [-0.15, -0.1) is 0 Å². The van der Waals surface area contributed by atoms with Crippen LogP contribution in [0.3, 0.4) is 0 Å². The molecule has 1 aliphatic rings. The molecule has 6 nitrogen and oxygen atoms in total. The molecule has 2 rings (SSSR count). The molecule has 0 spiro atoms. The van der Waals surface area contributed by atoms with Crippen LogP contribution >= 0.6 is 0 Å². The number of ether oxygens (including phenoxy) is 2. The summed E-state index contributed by atoms with van der Waals surface area (Å²) in [6.45, 7) is 1.33. The quantitative estimate of drug-likeness (QED) is 0.810. The monoisotopic (exact) mass is 300 g/mol. The third-order valence-electron chi connectivity index (χ3n) is 3.32. The Balaban J connectivity index is 2.15. The van der Waals surface area contributed by atoms with Crippen molar-refractivity contribution in [2.24, 2.45) is 0 Å². The predicted octanol–water partition coefficient (Wildman–Crippen LogP) is 0.734. The summed E-state index contributed by atoms with van der Waals surface area (Å²) in [5.74, 6) is 0.896. The molecule has 1 saturated heterocycles. The molecule has 2 N–H and O–H groups in total. The van der Waals surface area contributed by atoms with E-state index in [1.807, 2.05) is 0 Å². The van der Waals surface area contributed by atoms with Crippen molar-refractivity contribution in [3.63, 3.8) is 0 Å². The SMILES string of the molecule is COc1cc(OC)cc(S(=O)(=O)NCC2CCCN2)c1. The fraction of sp³-hybridized carbons (Fsp3) is 0.538. The molecular formula is C13H20N2O4S. The number of hydrogen-bond acceptors (Lipinski definition) is 5. The number of nitrogens with one attached hydrogen (secondary N) is 2. The highest BCUT2D eigenvalue weighted by Crippen LogP contribution is 2.25. The minimum absolute atomic E-state index is 0.145. The first-order valence-corrected chi connectivity index (χ1v) is 7.99.